The highest BCUT2D eigenvalue weighted by molar-refractivity contribution is 5.58. The zero-order chi connectivity index (χ0) is 16.7. The Morgan fingerprint density at radius 2 is 1.48 bits per heavy atom. The van der Waals surface area contributed by atoms with E-state index in [4.69, 9.17) is 4.74 Å². The van der Waals surface area contributed by atoms with Gasteiger partial charge < -0.3 is 15.4 Å². The third-order valence-corrected chi connectivity index (χ3v) is 3.76. The number of hydrogen-bond donors (Lipinski definition) is 2. The lowest BCUT2D eigenvalue weighted by Gasteiger charge is -2.14. The van der Waals surface area contributed by atoms with Crippen LogP contribution in [0.25, 0.3) is 0 Å². The van der Waals surface area contributed by atoms with Crippen LogP contribution >= 0.6 is 0 Å². The second-order valence-electron chi connectivity index (χ2n) is 6.00. The van der Waals surface area contributed by atoms with E-state index in [0.717, 1.165) is 37.6 Å². The number of hydrogen-bond acceptors (Lipinski definition) is 3. The van der Waals surface area contributed by atoms with Crippen LogP contribution in [0.2, 0.25) is 0 Å². The van der Waals surface area contributed by atoms with Crippen LogP contribution < -0.4 is 15.4 Å². The molecule has 0 heterocycles. The highest BCUT2D eigenvalue weighted by Gasteiger charge is 2.02. The molecule has 0 radical (unpaired) electrons. The number of rotatable bonds is 8. The van der Waals surface area contributed by atoms with Crippen molar-refractivity contribution in [3.8, 4) is 5.75 Å². The van der Waals surface area contributed by atoms with E-state index >= 15 is 0 Å². The average Bonchev–Trinajstić information content (AvgIpc) is 2.52. The van der Waals surface area contributed by atoms with Gasteiger partial charge in [-0.2, -0.15) is 0 Å². The Bertz CT molecular complexity index is 597. The summed E-state index contributed by atoms with van der Waals surface area (Å²) in [6.45, 7) is 11.1. The first kappa shape index (κ1) is 17.2. The standard InChI is InChI=1S/C20H28N2O/c1-5-12-23-19-8-6-18(7-9-19)21-10-11-22-20-16(3)13-15(2)14-17(20)4/h6-9,13-14,21-22H,5,10-12H2,1-4H3. The summed E-state index contributed by atoms with van der Waals surface area (Å²) in [4.78, 5) is 0. The van der Waals surface area contributed by atoms with E-state index in [2.05, 4.69) is 62.6 Å². The fraction of sp³-hybridized carbons (Fsp3) is 0.400. The Morgan fingerprint density at radius 3 is 2.09 bits per heavy atom. The van der Waals surface area contributed by atoms with Gasteiger partial charge in [-0.15, -0.1) is 0 Å². The molecular weight excluding hydrogens is 284 g/mol. The van der Waals surface area contributed by atoms with Gasteiger partial charge in [0.1, 0.15) is 5.75 Å². The third kappa shape index (κ3) is 5.20. The van der Waals surface area contributed by atoms with Gasteiger partial charge in [-0.3, -0.25) is 0 Å². The molecule has 0 unspecified atom stereocenters. The van der Waals surface area contributed by atoms with Crippen LogP contribution in [0, 0.1) is 20.8 Å². The van der Waals surface area contributed by atoms with Crippen LogP contribution in [0.4, 0.5) is 11.4 Å². The van der Waals surface area contributed by atoms with Crippen molar-refractivity contribution in [2.75, 3.05) is 30.3 Å². The van der Waals surface area contributed by atoms with Gasteiger partial charge in [-0.05, 0) is 62.6 Å². The van der Waals surface area contributed by atoms with E-state index in [9.17, 15) is 0 Å². The number of nitrogens with one attached hydrogen (secondary N) is 2. The molecule has 2 rings (SSSR count). The minimum Gasteiger partial charge on any atom is -0.494 e. The maximum Gasteiger partial charge on any atom is 0.119 e. The zero-order valence-electron chi connectivity index (χ0n) is 14.7. The zero-order valence-corrected chi connectivity index (χ0v) is 14.7. The van der Waals surface area contributed by atoms with Crippen LogP contribution in [0.5, 0.6) is 5.75 Å². The second kappa shape index (κ2) is 8.47. The van der Waals surface area contributed by atoms with Crippen LogP contribution in [-0.4, -0.2) is 19.7 Å². The number of anilines is 2. The van der Waals surface area contributed by atoms with Crippen LogP contribution in [0.3, 0.4) is 0 Å². The maximum absolute atomic E-state index is 5.59. The average molecular weight is 312 g/mol. The molecule has 3 nitrogen and oxygen atoms in total. The first-order valence-corrected chi connectivity index (χ1v) is 8.38. The van der Waals surface area contributed by atoms with Gasteiger partial charge >= 0.3 is 0 Å². The van der Waals surface area contributed by atoms with E-state index < -0.39 is 0 Å². The van der Waals surface area contributed by atoms with Gasteiger partial charge in [0.25, 0.3) is 0 Å². The second-order valence-corrected chi connectivity index (χ2v) is 6.00. The number of ether oxygens (including phenoxy) is 1. The molecular formula is C20H28N2O. The molecule has 0 aliphatic rings. The Balaban J connectivity index is 1.79. The summed E-state index contributed by atoms with van der Waals surface area (Å²) < 4.78 is 5.59. The maximum atomic E-state index is 5.59. The molecule has 0 bridgehead atoms. The Kier molecular flexibility index (Phi) is 6.33. The molecule has 0 aliphatic carbocycles. The highest BCUT2D eigenvalue weighted by Crippen LogP contribution is 2.21. The van der Waals surface area contributed by atoms with Crippen molar-refractivity contribution >= 4 is 11.4 Å². The molecule has 2 N–H and O–H groups in total. The van der Waals surface area contributed by atoms with Crippen molar-refractivity contribution in [3.63, 3.8) is 0 Å². The normalized spacial score (nSPS) is 10.4. The van der Waals surface area contributed by atoms with Gasteiger partial charge in [-0.1, -0.05) is 24.6 Å². The van der Waals surface area contributed by atoms with E-state index in [1.165, 1.54) is 22.4 Å². The number of benzene rings is 2. The van der Waals surface area contributed by atoms with Gasteiger partial charge in [0.05, 0.1) is 6.61 Å². The summed E-state index contributed by atoms with van der Waals surface area (Å²) >= 11 is 0. The molecule has 0 atom stereocenters. The van der Waals surface area contributed by atoms with Gasteiger partial charge in [0.15, 0.2) is 0 Å². The third-order valence-electron chi connectivity index (χ3n) is 3.76. The molecule has 23 heavy (non-hydrogen) atoms. The molecule has 124 valence electrons. The molecule has 2 aromatic rings. The molecule has 3 heteroatoms. The molecule has 0 saturated carbocycles. The summed E-state index contributed by atoms with van der Waals surface area (Å²) in [6, 6.07) is 12.6. The van der Waals surface area contributed by atoms with E-state index in [1.807, 2.05) is 12.1 Å². The van der Waals surface area contributed by atoms with Gasteiger partial charge in [0.2, 0.25) is 0 Å². The van der Waals surface area contributed by atoms with Gasteiger partial charge in [0, 0.05) is 24.5 Å². The largest absolute Gasteiger partial charge is 0.494 e. The van der Waals surface area contributed by atoms with Crippen LogP contribution in [-0.2, 0) is 0 Å². The monoisotopic (exact) mass is 312 g/mol. The number of aryl methyl sites for hydroxylation is 3. The fourth-order valence-corrected chi connectivity index (χ4v) is 2.74. The smallest absolute Gasteiger partial charge is 0.119 e. The molecule has 0 amide bonds. The van der Waals surface area contributed by atoms with Crippen molar-refractivity contribution in [3.05, 3.63) is 53.1 Å². The van der Waals surface area contributed by atoms with Crippen molar-refractivity contribution in [2.45, 2.75) is 34.1 Å². The van der Waals surface area contributed by atoms with E-state index in [-0.39, 0.29) is 0 Å². The predicted molar refractivity (Wildman–Crippen MR) is 99.9 cm³/mol. The lowest BCUT2D eigenvalue weighted by atomic mass is 10.1. The van der Waals surface area contributed by atoms with Crippen molar-refractivity contribution in [1.29, 1.82) is 0 Å². The molecule has 0 aromatic heterocycles. The molecule has 0 fully saturated rings. The lowest BCUT2D eigenvalue weighted by molar-refractivity contribution is 0.317. The Hall–Kier alpha value is -2.16. The molecule has 0 aliphatic heterocycles. The van der Waals surface area contributed by atoms with Crippen molar-refractivity contribution in [1.82, 2.24) is 0 Å². The molecule has 0 spiro atoms. The topological polar surface area (TPSA) is 33.3 Å². The van der Waals surface area contributed by atoms with E-state index in [1.54, 1.807) is 0 Å². The quantitative estimate of drug-likeness (QED) is 0.678. The first-order chi connectivity index (χ1) is 11.1. The Labute approximate surface area is 140 Å². The summed E-state index contributed by atoms with van der Waals surface area (Å²) in [6.07, 6.45) is 1.03. The summed E-state index contributed by atoms with van der Waals surface area (Å²) in [7, 11) is 0. The highest BCUT2D eigenvalue weighted by atomic mass is 16.5. The summed E-state index contributed by atoms with van der Waals surface area (Å²) in [5.74, 6) is 0.932. The summed E-state index contributed by atoms with van der Waals surface area (Å²) in [5.41, 5.74) is 6.29. The first-order valence-electron chi connectivity index (χ1n) is 8.38. The van der Waals surface area contributed by atoms with Crippen LogP contribution in [0.1, 0.15) is 30.0 Å². The fourth-order valence-electron chi connectivity index (χ4n) is 2.74. The molecule has 2 aromatic carbocycles. The summed E-state index contributed by atoms with van der Waals surface area (Å²) in [5, 5.41) is 6.96. The van der Waals surface area contributed by atoms with Crippen LogP contribution in [0.15, 0.2) is 36.4 Å². The lowest BCUT2D eigenvalue weighted by Crippen LogP contribution is -2.15. The van der Waals surface area contributed by atoms with Gasteiger partial charge in [-0.25, -0.2) is 0 Å². The SMILES string of the molecule is CCCOc1ccc(NCCNc2c(C)cc(C)cc2C)cc1. The molecule has 0 saturated heterocycles. The predicted octanol–water partition coefficient (Wildman–Crippen LogP) is 4.92. The minimum absolute atomic E-state index is 0.770. The van der Waals surface area contributed by atoms with E-state index in [0.29, 0.717) is 0 Å². The van der Waals surface area contributed by atoms with Crippen molar-refractivity contribution < 1.29 is 4.74 Å². The van der Waals surface area contributed by atoms with Crippen molar-refractivity contribution in [2.24, 2.45) is 0 Å². The minimum atomic E-state index is 0.770. The Morgan fingerprint density at radius 1 is 0.870 bits per heavy atom.